The van der Waals surface area contributed by atoms with Crippen LogP contribution in [0.25, 0.3) is 16.5 Å². The van der Waals surface area contributed by atoms with Crippen LogP contribution in [0.3, 0.4) is 0 Å². The molecule has 1 aromatic heterocycles. The van der Waals surface area contributed by atoms with E-state index in [4.69, 9.17) is 0 Å². The van der Waals surface area contributed by atoms with Gasteiger partial charge in [0.25, 0.3) is 11.8 Å². The molecule has 5 nitrogen and oxygen atoms in total. The molecular formula is C23H17N3O2. The Balaban J connectivity index is 1.73. The number of carbonyl (C=O) groups is 2. The number of para-hydroxylation sites is 1. The van der Waals surface area contributed by atoms with Crippen molar-refractivity contribution in [2.45, 2.75) is 13.8 Å². The lowest BCUT2D eigenvalue weighted by molar-refractivity contribution is 0.0893. The van der Waals surface area contributed by atoms with Crippen LogP contribution in [0.2, 0.25) is 0 Å². The van der Waals surface area contributed by atoms with Gasteiger partial charge in [0.2, 0.25) is 0 Å². The second-order valence-electron chi connectivity index (χ2n) is 6.92. The average Bonchev–Trinajstić information content (AvgIpc) is 3.01. The van der Waals surface area contributed by atoms with Gasteiger partial charge in [0.05, 0.1) is 22.8 Å². The number of rotatable bonds is 2. The number of benzene rings is 3. The summed E-state index contributed by atoms with van der Waals surface area (Å²) in [7, 11) is 0. The van der Waals surface area contributed by atoms with Crippen molar-refractivity contribution in [3.63, 3.8) is 0 Å². The van der Waals surface area contributed by atoms with Crippen LogP contribution in [0.1, 0.15) is 32.1 Å². The van der Waals surface area contributed by atoms with Gasteiger partial charge in [-0.25, -0.2) is 9.58 Å². The fraction of sp³-hybridized carbons (Fsp3) is 0.0870. The van der Waals surface area contributed by atoms with Crippen molar-refractivity contribution < 1.29 is 9.59 Å². The van der Waals surface area contributed by atoms with Crippen LogP contribution in [0.4, 0.5) is 5.69 Å². The highest BCUT2D eigenvalue weighted by atomic mass is 16.2. The van der Waals surface area contributed by atoms with Crippen LogP contribution in [0.5, 0.6) is 0 Å². The van der Waals surface area contributed by atoms with Crippen molar-refractivity contribution in [2.24, 2.45) is 0 Å². The molecule has 4 aromatic rings. The van der Waals surface area contributed by atoms with E-state index in [9.17, 15) is 9.59 Å². The minimum atomic E-state index is -0.312. The van der Waals surface area contributed by atoms with E-state index in [1.165, 1.54) is 4.90 Å². The van der Waals surface area contributed by atoms with Gasteiger partial charge >= 0.3 is 0 Å². The fourth-order valence-corrected chi connectivity index (χ4v) is 4.01. The Hall–Kier alpha value is -3.73. The standard InChI is InChI=1S/C23H17N3O2/c1-14-21(15(2)26(24-14)17-10-4-3-5-11-17)25-22(27)18-12-6-8-16-9-7-13-19(20(16)18)23(25)28/h3-13H,1-2H3. The van der Waals surface area contributed by atoms with Crippen LogP contribution in [-0.4, -0.2) is 21.6 Å². The molecule has 0 radical (unpaired) electrons. The lowest BCUT2D eigenvalue weighted by atomic mass is 9.93. The molecule has 0 bridgehead atoms. The van der Waals surface area contributed by atoms with Gasteiger partial charge in [0, 0.05) is 16.5 Å². The molecule has 0 saturated heterocycles. The highest BCUT2D eigenvalue weighted by molar-refractivity contribution is 6.36. The number of nitrogens with zero attached hydrogens (tertiary/aromatic N) is 3. The van der Waals surface area contributed by atoms with E-state index in [0.717, 1.165) is 22.2 Å². The topological polar surface area (TPSA) is 55.2 Å². The zero-order valence-corrected chi connectivity index (χ0v) is 15.5. The van der Waals surface area contributed by atoms with Crippen LogP contribution in [-0.2, 0) is 0 Å². The van der Waals surface area contributed by atoms with E-state index in [2.05, 4.69) is 5.10 Å². The van der Waals surface area contributed by atoms with Gasteiger partial charge in [-0.2, -0.15) is 5.10 Å². The quantitative estimate of drug-likeness (QED) is 0.492. The van der Waals surface area contributed by atoms with Gasteiger partial charge in [-0.1, -0.05) is 42.5 Å². The third-order valence-electron chi connectivity index (χ3n) is 5.25. The van der Waals surface area contributed by atoms with Gasteiger partial charge in [0.1, 0.15) is 0 Å². The first kappa shape index (κ1) is 16.4. The van der Waals surface area contributed by atoms with E-state index in [1.54, 1.807) is 16.8 Å². The highest BCUT2D eigenvalue weighted by Gasteiger charge is 2.36. The van der Waals surface area contributed by atoms with E-state index in [-0.39, 0.29) is 11.8 Å². The first-order valence-electron chi connectivity index (χ1n) is 9.10. The van der Waals surface area contributed by atoms with Gasteiger partial charge in [0.15, 0.2) is 0 Å². The van der Waals surface area contributed by atoms with Crippen LogP contribution in [0, 0.1) is 13.8 Å². The maximum atomic E-state index is 13.3. The summed E-state index contributed by atoms with van der Waals surface area (Å²) in [5.74, 6) is -0.624. The molecule has 2 amide bonds. The Bertz CT molecular complexity index is 1220. The molecule has 0 aliphatic carbocycles. The Morgan fingerprint density at radius 2 is 1.36 bits per heavy atom. The summed E-state index contributed by atoms with van der Waals surface area (Å²) < 4.78 is 1.77. The summed E-state index contributed by atoms with van der Waals surface area (Å²) >= 11 is 0. The minimum Gasteiger partial charge on any atom is -0.268 e. The van der Waals surface area contributed by atoms with E-state index < -0.39 is 0 Å². The predicted octanol–water partition coefficient (Wildman–Crippen LogP) is 4.44. The van der Waals surface area contributed by atoms with E-state index in [0.29, 0.717) is 22.5 Å². The SMILES string of the molecule is Cc1nn(-c2ccccc2)c(C)c1N1C(=O)c2cccc3cccc(c23)C1=O. The second kappa shape index (κ2) is 5.89. The molecule has 1 aliphatic heterocycles. The molecule has 136 valence electrons. The number of aromatic nitrogens is 2. The Morgan fingerprint density at radius 1 is 0.750 bits per heavy atom. The van der Waals surface area contributed by atoms with E-state index in [1.807, 2.05) is 68.4 Å². The molecule has 0 saturated carbocycles. The van der Waals surface area contributed by atoms with Crippen LogP contribution >= 0.6 is 0 Å². The molecule has 2 heterocycles. The number of imide groups is 1. The molecule has 0 spiro atoms. The molecule has 3 aromatic carbocycles. The maximum absolute atomic E-state index is 13.3. The number of carbonyl (C=O) groups excluding carboxylic acids is 2. The smallest absolute Gasteiger partial charge is 0.266 e. The third kappa shape index (κ3) is 2.16. The van der Waals surface area contributed by atoms with Crippen molar-refractivity contribution >= 4 is 28.3 Å². The third-order valence-corrected chi connectivity index (χ3v) is 5.25. The van der Waals surface area contributed by atoms with Crippen molar-refractivity contribution in [3.8, 4) is 5.69 Å². The average molecular weight is 367 g/mol. The summed E-state index contributed by atoms with van der Waals surface area (Å²) in [6, 6.07) is 20.8. The largest absolute Gasteiger partial charge is 0.268 e. The monoisotopic (exact) mass is 367 g/mol. The zero-order chi connectivity index (χ0) is 19.4. The highest BCUT2D eigenvalue weighted by Crippen LogP contribution is 2.36. The molecule has 28 heavy (non-hydrogen) atoms. The molecule has 5 heteroatoms. The summed E-state index contributed by atoms with van der Waals surface area (Å²) in [4.78, 5) is 27.9. The fourth-order valence-electron chi connectivity index (χ4n) is 4.01. The van der Waals surface area contributed by atoms with Gasteiger partial charge in [-0.15, -0.1) is 0 Å². The van der Waals surface area contributed by atoms with Gasteiger partial charge < -0.3 is 0 Å². The maximum Gasteiger partial charge on any atom is 0.266 e. The van der Waals surface area contributed by atoms with E-state index >= 15 is 0 Å². The predicted molar refractivity (Wildman–Crippen MR) is 108 cm³/mol. The molecular weight excluding hydrogens is 350 g/mol. The van der Waals surface area contributed by atoms with Crippen LogP contribution in [0.15, 0.2) is 66.7 Å². The lowest BCUT2D eigenvalue weighted by Crippen LogP contribution is -2.41. The van der Waals surface area contributed by atoms with Crippen molar-refractivity contribution in [1.82, 2.24) is 9.78 Å². The Kier molecular flexibility index (Phi) is 3.46. The molecule has 0 N–H and O–H groups in total. The zero-order valence-electron chi connectivity index (χ0n) is 15.5. The first-order valence-corrected chi connectivity index (χ1v) is 9.10. The number of hydrogen-bond donors (Lipinski definition) is 0. The number of anilines is 1. The van der Waals surface area contributed by atoms with Crippen LogP contribution < -0.4 is 4.90 Å². The van der Waals surface area contributed by atoms with Crippen molar-refractivity contribution in [2.75, 3.05) is 4.90 Å². The minimum absolute atomic E-state index is 0.312. The summed E-state index contributed by atoms with van der Waals surface area (Å²) in [6.07, 6.45) is 0. The Labute approximate surface area is 161 Å². The molecule has 0 atom stereocenters. The lowest BCUT2D eigenvalue weighted by Gasteiger charge is -2.27. The number of hydrogen-bond acceptors (Lipinski definition) is 3. The summed E-state index contributed by atoms with van der Waals surface area (Å²) in [5.41, 5.74) is 3.89. The molecule has 0 unspecified atom stereocenters. The molecule has 1 aliphatic rings. The van der Waals surface area contributed by atoms with Crippen molar-refractivity contribution in [3.05, 3.63) is 89.2 Å². The number of aryl methyl sites for hydroxylation is 1. The van der Waals surface area contributed by atoms with Gasteiger partial charge in [-0.3, -0.25) is 9.59 Å². The molecule has 0 fully saturated rings. The normalized spacial score (nSPS) is 13.4. The van der Waals surface area contributed by atoms with Crippen molar-refractivity contribution in [1.29, 1.82) is 0 Å². The number of amides is 2. The first-order chi connectivity index (χ1) is 13.6. The Morgan fingerprint density at radius 3 is 1.96 bits per heavy atom. The van der Waals surface area contributed by atoms with Gasteiger partial charge in [-0.05, 0) is 43.5 Å². The summed E-state index contributed by atoms with van der Waals surface area (Å²) in [6.45, 7) is 3.70. The molecule has 5 rings (SSSR count). The summed E-state index contributed by atoms with van der Waals surface area (Å²) in [5, 5.41) is 6.22. The second-order valence-corrected chi connectivity index (χ2v) is 6.92.